The van der Waals surface area contributed by atoms with Crippen LogP contribution in [0.3, 0.4) is 0 Å². The SMILES string of the molecule is CC1(C(=O)N2C[C@@H](O)[C@@H](O)C2)CCCNC1. The second kappa shape index (κ2) is 4.31. The molecule has 16 heavy (non-hydrogen) atoms. The quantitative estimate of drug-likeness (QED) is 0.535. The molecule has 1 unspecified atom stereocenters. The van der Waals surface area contributed by atoms with Crippen molar-refractivity contribution in [1.29, 1.82) is 0 Å². The molecule has 0 spiro atoms. The maximum Gasteiger partial charge on any atom is 0.229 e. The van der Waals surface area contributed by atoms with Gasteiger partial charge in [-0.25, -0.2) is 0 Å². The predicted molar refractivity (Wildman–Crippen MR) is 58.8 cm³/mol. The third-order valence-corrected chi connectivity index (χ3v) is 3.66. The third-order valence-electron chi connectivity index (χ3n) is 3.66. The number of hydrogen-bond acceptors (Lipinski definition) is 4. The summed E-state index contributed by atoms with van der Waals surface area (Å²) in [6, 6.07) is 0. The van der Waals surface area contributed by atoms with Crippen LogP contribution >= 0.6 is 0 Å². The van der Waals surface area contributed by atoms with Crippen LogP contribution in [0.4, 0.5) is 0 Å². The Hall–Kier alpha value is -0.650. The third kappa shape index (κ3) is 2.07. The molecule has 2 fully saturated rings. The Kier molecular flexibility index (Phi) is 3.19. The number of carbonyl (C=O) groups excluding carboxylic acids is 1. The Morgan fingerprint density at radius 3 is 2.50 bits per heavy atom. The van der Waals surface area contributed by atoms with Gasteiger partial charge in [-0.1, -0.05) is 0 Å². The Morgan fingerprint density at radius 2 is 2.00 bits per heavy atom. The maximum atomic E-state index is 12.3. The molecule has 0 aromatic rings. The first-order valence-corrected chi connectivity index (χ1v) is 5.89. The zero-order chi connectivity index (χ0) is 11.8. The summed E-state index contributed by atoms with van der Waals surface area (Å²) in [6.45, 7) is 4.13. The average Bonchev–Trinajstić information content (AvgIpc) is 2.59. The van der Waals surface area contributed by atoms with Crippen molar-refractivity contribution >= 4 is 5.91 Å². The van der Waals surface area contributed by atoms with Crippen molar-refractivity contribution in [2.75, 3.05) is 26.2 Å². The van der Waals surface area contributed by atoms with E-state index in [-0.39, 0.29) is 24.4 Å². The van der Waals surface area contributed by atoms with Gasteiger partial charge >= 0.3 is 0 Å². The highest BCUT2D eigenvalue weighted by atomic mass is 16.3. The number of nitrogens with one attached hydrogen (secondary N) is 1. The van der Waals surface area contributed by atoms with Crippen molar-refractivity contribution in [3.8, 4) is 0 Å². The van der Waals surface area contributed by atoms with Gasteiger partial charge in [0.1, 0.15) is 0 Å². The monoisotopic (exact) mass is 228 g/mol. The zero-order valence-corrected chi connectivity index (χ0v) is 9.65. The Balaban J connectivity index is 2.01. The van der Waals surface area contributed by atoms with E-state index in [2.05, 4.69) is 5.32 Å². The molecule has 0 radical (unpaired) electrons. The van der Waals surface area contributed by atoms with Crippen molar-refractivity contribution in [2.45, 2.75) is 32.0 Å². The second-order valence-electron chi connectivity index (χ2n) is 5.19. The number of nitrogens with zero attached hydrogens (tertiary/aromatic N) is 1. The van der Waals surface area contributed by atoms with E-state index in [0.717, 1.165) is 19.4 Å². The van der Waals surface area contributed by atoms with E-state index in [0.29, 0.717) is 6.54 Å². The first-order valence-electron chi connectivity index (χ1n) is 5.89. The lowest BCUT2D eigenvalue weighted by atomic mass is 9.81. The van der Waals surface area contributed by atoms with Crippen LogP contribution in [0.2, 0.25) is 0 Å². The van der Waals surface area contributed by atoms with Crippen molar-refractivity contribution in [1.82, 2.24) is 10.2 Å². The standard InChI is InChI=1S/C11H20N2O3/c1-11(3-2-4-12-7-11)10(16)13-5-8(14)9(15)6-13/h8-9,12,14-15H,2-7H2,1H3/t8-,9+,11?. The molecule has 2 saturated heterocycles. The van der Waals surface area contributed by atoms with Gasteiger partial charge in [0.25, 0.3) is 0 Å². The summed E-state index contributed by atoms with van der Waals surface area (Å²) in [4.78, 5) is 13.9. The topological polar surface area (TPSA) is 72.8 Å². The van der Waals surface area contributed by atoms with Crippen LogP contribution in [-0.4, -0.2) is 59.4 Å². The maximum absolute atomic E-state index is 12.3. The Morgan fingerprint density at radius 1 is 1.38 bits per heavy atom. The molecule has 3 atom stereocenters. The van der Waals surface area contributed by atoms with Gasteiger partial charge in [0, 0.05) is 19.6 Å². The van der Waals surface area contributed by atoms with E-state index in [1.807, 2.05) is 6.92 Å². The number of aliphatic hydroxyl groups excluding tert-OH is 2. The summed E-state index contributed by atoms with van der Waals surface area (Å²) in [5, 5.41) is 22.1. The van der Waals surface area contributed by atoms with Gasteiger partial charge in [0.05, 0.1) is 17.6 Å². The first-order chi connectivity index (χ1) is 7.53. The molecule has 2 aliphatic heterocycles. The minimum Gasteiger partial charge on any atom is -0.388 e. The van der Waals surface area contributed by atoms with Crippen molar-refractivity contribution in [3.05, 3.63) is 0 Å². The van der Waals surface area contributed by atoms with Gasteiger partial charge < -0.3 is 20.4 Å². The van der Waals surface area contributed by atoms with E-state index in [4.69, 9.17) is 0 Å². The van der Waals surface area contributed by atoms with E-state index >= 15 is 0 Å². The summed E-state index contributed by atoms with van der Waals surface area (Å²) in [7, 11) is 0. The molecule has 5 nitrogen and oxygen atoms in total. The molecule has 92 valence electrons. The molecule has 1 amide bonds. The number of amides is 1. The molecule has 0 aromatic carbocycles. The lowest BCUT2D eigenvalue weighted by Gasteiger charge is -2.35. The predicted octanol–water partition coefficient (Wildman–Crippen LogP) is -1.06. The summed E-state index contributed by atoms with van der Waals surface area (Å²) in [5.74, 6) is 0.0512. The van der Waals surface area contributed by atoms with Crippen molar-refractivity contribution in [3.63, 3.8) is 0 Å². The number of β-amino-alcohol motifs (C(OH)–C–C–N with tert-alkyl or cyclic N) is 2. The van der Waals surface area contributed by atoms with Crippen LogP contribution in [0.25, 0.3) is 0 Å². The fraction of sp³-hybridized carbons (Fsp3) is 0.909. The number of hydrogen-bond donors (Lipinski definition) is 3. The van der Waals surface area contributed by atoms with Crippen LogP contribution in [0.1, 0.15) is 19.8 Å². The number of likely N-dealkylation sites (tertiary alicyclic amines) is 1. The number of aliphatic hydroxyl groups is 2. The largest absolute Gasteiger partial charge is 0.388 e. The molecule has 5 heteroatoms. The lowest BCUT2D eigenvalue weighted by Crippen LogP contribution is -2.50. The van der Waals surface area contributed by atoms with Crippen LogP contribution in [0.5, 0.6) is 0 Å². The van der Waals surface area contributed by atoms with Gasteiger partial charge in [-0.05, 0) is 26.3 Å². The van der Waals surface area contributed by atoms with Gasteiger partial charge in [0.15, 0.2) is 0 Å². The molecule has 0 saturated carbocycles. The first kappa shape index (κ1) is 11.8. The molecule has 0 aromatic heterocycles. The average molecular weight is 228 g/mol. The smallest absolute Gasteiger partial charge is 0.229 e. The van der Waals surface area contributed by atoms with Crippen LogP contribution < -0.4 is 5.32 Å². The zero-order valence-electron chi connectivity index (χ0n) is 9.65. The summed E-state index contributed by atoms with van der Waals surface area (Å²) in [5.41, 5.74) is -0.373. The molecule has 0 aliphatic carbocycles. The summed E-state index contributed by atoms with van der Waals surface area (Å²) < 4.78 is 0. The Labute approximate surface area is 95.4 Å². The molecule has 0 bridgehead atoms. The summed E-state index contributed by atoms with van der Waals surface area (Å²) in [6.07, 6.45) is 0.302. The fourth-order valence-electron chi connectivity index (χ4n) is 2.56. The number of piperidine rings is 1. The van der Waals surface area contributed by atoms with Gasteiger partial charge in [0.2, 0.25) is 5.91 Å². The molecular weight excluding hydrogens is 208 g/mol. The van der Waals surface area contributed by atoms with Gasteiger partial charge in [-0.2, -0.15) is 0 Å². The fourth-order valence-corrected chi connectivity index (χ4v) is 2.56. The van der Waals surface area contributed by atoms with E-state index in [9.17, 15) is 15.0 Å². The molecule has 2 aliphatic rings. The highest BCUT2D eigenvalue weighted by Gasteiger charge is 2.42. The van der Waals surface area contributed by atoms with E-state index in [1.165, 1.54) is 0 Å². The van der Waals surface area contributed by atoms with Crippen molar-refractivity contribution in [2.24, 2.45) is 5.41 Å². The minimum atomic E-state index is -0.788. The highest BCUT2D eigenvalue weighted by molar-refractivity contribution is 5.83. The molecule has 3 N–H and O–H groups in total. The number of carbonyl (C=O) groups is 1. The van der Waals surface area contributed by atoms with Crippen molar-refractivity contribution < 1.29 is 15.0 Å². The minimum absolute atomic E-state index is 0.0512. The van der Waals surface area contributed by atoms with E-state index in [1.54, 1.807) is 4.90 Å². The van der Waals surface area contributed by atoms with Crippen LogP contribution in [0.15, 0.2) is 0 Å². The number of rotatable bonds is 1. The normalized spacial score (nSPS) is 40.1. The van der Waals surface area contributed by atoms with Crippen LogP contribution in [0, 0.1) is 5.41 Å². The van der Waals surface area contributed by atoms with Gasteiger partial charge in [-0.15, -0.1) is 0 Å². The second-order valence-corrected chi connectivity index (χ2v) is 5.19. The van der Waals surface area contributed by atoms with Gasteiger partial charge in [-0.3, -0.25) is 4.79 Å². The molecule has 2 rings (SSSR count). The molecular formula is C11H20N2O3. The van der Waals surface area contributed by atoms with E-state index < -0.39 is 12.2 Å². The summed E-state index contributed by atoms with van der Waals surface area (Å²) >= 11 is 0. The van der Waals surface area contributed by atoms with Crippen LogP contribution in [-0.2, 0) is 4.79 Å². The highest BCUT2D eigenvalue weighted by Crippen LogP contribution is 2.29. The lowest BCUT2D eigenvalue weighted by molar-refractivity contribution is -0.141. The molecule has 2 heterocycles. The Bertz CT molecular complexity index is 266.